The van der Waals surface area contributed by atoms with E-state index in [1.165, 1.54) is 12.3 Å². The largest absolute Gasteiger partial charge is 0.493 e. The number of aliphatic hydroxyl groups is 1. The number of aromatic nitrogens is 1. The van der Waals surface area contributed by atoms with Crippen LogP contribution in [0.4, 0.5) is 10.5 Å². The van der Waals surface area contributed by atoms with E-state index >= 15 is 0 Å². The number of amides is 1. The highest BCUT2D eigenvalue weighted by Gasteiger charge is 2.39. The van der Waals surface area contributed by atoms with E-state index in [-0.39, 0.29) is 16.3 Å². The van der Waals surface area contributed by atoms with Crippen molar-refractivity contribution < 1.29 is 24.3 Å². The molecule has 0 aromatic carbocycles. The molecule has 1 aromatic rings. The lowest BCUT2D eigenvalue weighted by atomic mass is 9.77. The van der Waals surface area contributed by atoms with Gasteiger partial charge in [-0.1, -0.05) is 11.6 Å². The molecule has 1 rings (SSSR count). The van der Waals surface area contributed by atoms with Gasteiger partial charge in [-0.05, 0) is 54.5 Å². The molecule has 7 nitrogen and oxygen atoms in total. The van der Waals surface area contributed by atoms with E-state index in [1.54, 1.807) is 48.5 Å². The van der Waals surface area contributed by atoms with Crippen molar-refractivity contribution in [2.45, 2.75) is 65.3 Å². The van der Waals surface area contributed by atoms with Crippen LogP contribution in [-0.2, 0) is 9.39 Å². The third-order valence-electron chi connectivity index (χ3n) is 3.66. The Labute approximate surface area is 153 Å². The number of ether oxygens (including phenoxy) is 1. The standard InChI is InChI=1S/C16H26BClN2O5/c1-14(2,3)24-13(21)20-11-8-10(9-19-12(11)18)17(23)25-16(6,7)15(4,5)22/h8-9,22-23H,1-7H3,(H,20,21). The first kappa shape index (κ1) is 21.7. The van der Waals surface area contributed by atoms with Crippen LogP contribution in [0, 0.1) is 0 Å². The smallest absolute Gasteiger partial charge is 0.444 e. The summed E-state index contributed by atoms with van der Waals surface area (Å²) in [5.41, 5.74) is -2.44. The lowest BCUT2D eigenvalue weighted by Gasteiger charge is -2.38. The van der Waals surface area contributed by atoms with E-state index in [9.17, 15) is 14.9 Å². The zero-order valence-electron chi connectivity index (χ0n) is 15.7. The van der Waals surface area contributed by atoms with Gasteiger partial charge in [-0.3, -0.25) is 5.32 Å². The maximum Gasteiger partial charge on any atom is 0.493 e. The molecule has 0 atom stereocenters. The number of nitrogens with one attached hydrogen (secondary N) is 1. The van der Waals surface area contributed by atoms with E-state index in [0.29, 0.717) is 0 Å². The molecule has 0 saturated heterocycles. The highest BCUT2D eigenvalue weighted by molar-refractivity contribution is 6.60. The third-order valence-corrected chi connectivity index (χ3v) is 3.96. The first-order valence-corrected chi connectivity index (χ1v) is 8.24. The van der Waals surface area contributed by atoms with E-state index < -0.39 is 30.0 Å². The van der Waals surface area contributed by atoms with Gasteiger partial charge >= 0.3 is 13.2 Å². The van der Waals surface area contributed by atoms with Crippen molar-refractivity contribution in [3.8, 4) is 0 Å². The van der Waals surface area contributed by atoms with Crippen LogP contribution >= 0.6 is 11.6 Å². The Morgan fingerprint density at radius 2 is 1.80 bits per heavy atom. The first-order chi connectivity index (χ1) is 11.1. The summed E-state index contributed by atoms with van der Waals surface area (Å²) in [5, 5.41) is 22.9. The van der Waals surface area contributed by atoms with Crippen LogP contribution in [-0.4, -0.2) is 45.1 Å². The topological polar surface area (TPSA) is 101 Å². The van der Waals surface area contributed by atoms with Gasteiger partial charge in [0.15, 0.2) is 5.15 Å². The Hall–Kier alpha value is -1.35. The number of anilines is 1. The second-order valence-electron chi connectivity index (χ2n) is 7.77. The molecule has 1 amide bonds. The fourth-order valence-corrected chi connectivity index (χ4v) is 1.74. The zero-order valence-corrected chi connectivity index (χ0v) is 16.4. The molecule has 0 radical (unpaired) electrons. The van der Waals surface area contributed by atoms with E-state index in [2.05, 4.69) is 10.3 Å². The van der Waals surface area contributed by atoms with Gasteiger partial charge in [-0.15, -0.1) is 0 Å². The number of hydrogen-bond donors (Lipinski definition) is 3. The molecule has 0 aliphatic carbocycles. The molecule has 0 spiro atoms. The minimum Gasteiger partial charge on any atom is -0.444 e. The average Bonchev–Trinajstić information content (AvgIpc) is 2.37. The number of carbonyl (C=O) groups is 1. The normalized spacial score (nSPS) is 12.7. The molecule has 1 aromatic heterocycles. The van der Waals surface area contributed by atoms with Gasteiger partial charge in [0.05, 0.1) is 16.9 Å². The average molecular weight is 373 g/mol. The van der Waals surface area contributed by atoms with Crippen LogP contribution in [0.3, 0.4) is 0 Å². The fraction of sp³-hybridized carbons (Fsp3) is 0.625. The van der Waals surface area contributed by atoms with Crippen molar-refractivity contribution in [3.05, 3.63) is 17.4 Å². The highest BCUT2D eigenvalue weighted by atomic mass is 35.5. The van der Waals surface area contributed by atoms with Gasteiger partial charge < -0.3 is 19.5 Å². The molecule has 0 fully saturated rings. The predicted molar refractivity (Wildman–Crippen MR) is 98.2 cm³/mol. The SMILES string of the molecule is CC(C)(C)OC(=O)Nc1cc(B(O)OC(C)(C)C(C)(C)O)cnc1Cl. The summed E-state index contributed by atoms with van der Waals surface area (Å²) in [6, 6.07) is 1.43. The molecule has 25 heavy (non-hydrogen) atoms. The van der Waals surface area contributed by atoms with Gasteiger partial charge in [0.2, 0.25) is 0 Å². The molecule has 9 heteroatoms. The van der Waals surface area contributed by atoms with E-state index in [0.717, 1.165) is 0 Å². The van der Waals surface area contributed by atoms with Gasteiger partial charge in [0.25, 0.3) is 0 Å². The lowest BCUT2D eigenvalue weighted by Crippen LogP contribution is -2.53. The second-order valence-corrected chi connectivity index (χ2v) is 8.13. The summed E-state index contributed by atoms with van der Waals surface area (Å²) in [7, 11) is -1.37. The lowest BCUT2D eigenvalue weighted by molar-refractivity contribution is -0.0982. The van der Waals surface area contributed by atoms with Crippen molar-refractivity contribution in [3.63, 3.8) is 0 Å². The van der Waals surface area contributed by atoms with Crippen LogP contribution in [0.5, 0.6) is 0 Å². The number of rotatable bonds is 5. The van der Waals surface area contributed by atoms with Crippen LogP contribution < -0.4 is 10.8 Å². The summed E-state index contributed by atoms with van der Waals surface area (Å²) in [6.45, 7) is 11.7. The highest BCUT2D eigenvalue weighted by Crippen LogP contribution is 2.26. The Kier molecular flexibility index (Phi) is 6.50. The molecule has 0 saturated carbocycles. The molecule has 1 heterocycles. The number of halogens is 1. The Balaban J connectivity index is 2.95. The minimum absolute atomic E-state index is 0.0450. The van der Waals surface area contributed by atoms with Crippen molar-refractivity contribution in [1.29, 1.82) is 0 Å². The number of hydrogen-bond acceptors (Lipinski definition) is 6. The maximum absolute atomic E-state index is 11.9. The summed E-state index contributed by atoms with van der Waals surface area (Å²) in [5.74, 6) is 0. The summed E-state index contributed by atoms with van der Waals surface area (Å²) < 4.78 is 10.7. The van der Waals surface area contributed by atoms with Gasteiger partial charge in [-0.2, -0.15) is 0 Å². The Morgan fingerprint density at radius 1 is 1.24 bits per heavy atom. The molecule has 0 bridgehead atoms. The van der Waals surface area contributed by atoms with Gasteiger partial charge in [0.1, 0.15) is 5.60 Å². The molecule has 140 valence electrons. The van der Waals surface area contributed by atoms with Crippen LogP contribution in [0.2, 0.25) is 5.15 Å². The van der Waals surface area contributed by atoms with Crippen LogP contribution in [0.25, 0.3) is 0 Å². The van der Waals surface area contributed by atoms with Crippen molar-refractivity contribution in [2.24, 2.45) is 0 Å². The monoisotopic (exact) mass is 372 g/mol. The van der Waals surface area contributed by atoms with Crippen LogP contribution in [0.1, 0.15) is 48.5 Å². The molecule has 3 N–H and O–H groups in total. The fourth-order valence-electron chi connectivity index (χ4n) is 1.59. The zero-order chi connectivity index (χ0) is 19.6. The first-order valence-electron chi connectivity index (χ1n) is 7.86. The van der Waals surface area contributed by atoms with Crippen molar-refractivity contribution in [2.75, 3.05) is 5.32 Å². The van der Waals surface area contributed by atoms with Crippen molar-refractivity contribution in [1.82, 2.24) is 4.98 Å². The minimum atomic E-state index is -1.37. The summed E-state index contributed by atoms with van der Waals surface area (Å²) >= 11 is 5.98. The summed E-state index contributed by atoms with van der Waals surface area (Å²) in [4.78, 5) is 15.8. The van der Waals surface area contributed by atoms with Gasteiger partial charge in [-0.25, -0.2) is 9.78 Å². The van der Waals surface area contributed by atoms with E-state index in [1.807, 2.05) is 0 Å². The maximum atomic E-state index is 11.9. The molecule has 0 aliphatic rings. The molecular formula is C16H26BClN2O5. The Bertz CT molecular complexity index is 626. The number of pyridine rings is 1. The molecule has 0 unspecified atom stereocenters. The second kappa shape index (κ2) is 7.49. The Morgan fingerprint density at radius 3 is 2.28 bits per heavy atom. The predicted octanol–water partition coefficient (Wildman–Crippen LogP) is 2.34. The summed E-state index contributed by atoms with van der Waals surface area (Å²) in [6.07, 6.45) is 0.633. The quantitative estimate of drug-likeness (QED) is 0.542. The number of nitrogens with zero attached hydrogens (tertiary/aromatic N) is 1. The third kappa shape index (κ3) is 6.47. The van der Waals surface area contributed by atoms with Crippen LogP contribution in [0.15, 0.2) is 12.3 Å². The molecular weight excluding hydrogens is 346 g/mol. The molecule has 0 aliphatic heterocycles. The van der Waals surface area contributed by atoms with E-state index in [4.69, 9.17) is 21.0 Å². The van der Waals surface area contributed by atoms with Crippen molar-refractivity contribution >= 4 is 36.0 Å². The van der Waals surface area contributed by atoms with Gasteiger partial charge in [0, 0.05) is 11.7 Å². The number of carbonyl (C=O) groups excluding carboxylic acids is 1.